The summed E-state index contributed by atoms with van der Waals surface area (Å²) in [4.78, 5) is 39.3. The lowest BCUT2D eigenvalue weighted by molar-refractivity contribution is -0.125. The van der Waals surface area contributed by atoms with E-state index in [2.05, 4.69) is 5.32 Å². The highest BCUT2D eigenvalue weighted by Crippen LogP contribution is 2.24. The van der Waals surface area contributed by atoms with E-state index >= 15 is 0 Å². The molecule has 0 unspecified atom stereocenters. The van der Waals surface area contributed by atoms with E-state index in [0.29, 0.717) is 11.3 Å². The minimum Gasteiger partial charge on any atom is -0.464 e. The Labute approximate surface area is 178 Å². The maximum absolute atomic E-state index is 13.1. The van der Waals surface area contributed by atoms with Crippen molar-refractivity contribution in [2.75, 3.05) is 7.11 Å². The lowest BCUT2D eigenvalue weighted by Gasteiger charge is -2.34. The van der Waals surface area contributed by atoms with Gasteiger partial charge in [-0.15, -0.1) is 0 Å². The summed E-state index contributed by atoms with van der Waals surface area (Å²) < 4.78 is 6.42. The molecule has 3 amide bonds. The molecule has 0 saturated heterocycles. The van der Waals surface area contributed by atoms with Crippen LogP contribution in [-0.2, 0) is 16.6 Å². The molecule has 2 aliphatic carbocycles. The molecule has 0 atom stereocenters. The Hall–Kier alpha value is -2.57. The number of hydrogen-bond acceptors (Lipinski definition) is 4. The number of nitrogens with zero attached hydrogens (tertiary/aromatic N) is 2. The Morgan fingerprint density at radius 1 is 1.07 bits per heavy atom. The van der Waals surface area contributed by atoms with Crippen LogP contribution < -0.4 is 5.32 Å². The fourth-order valence-corrected chi connectivity index (χ4v) is 4.51. The van der Waals surface area contributed by atoms with Gasteiger partial charge < -0.3 is 14.6 Å². The maximum atomic E-state index is 13.1. The molecule has 2 fully saturated rings. The van der Waals surface area contributed by atoms with E-state index in [4.69, 9.17) is 4.74 Å². The average Bonchev–Trinajstić information content (AvgIpc) is 3.14. The van der Waals surface area contributed by atoms with Gasteiger partial charge in [-0.3, -0.25) is 9.69 Å². The number of imide groups is 1. The van der Waals surface area contributed by atoms with Crippen LogP contribution in [0, 0.1) is 0 Å². The highest BCUT2D eigenvalue weighted by Gasteiger charge is 2.31. The van der Waals surface area contributed by atoms with Crippen molar-refractivity contribution in [3.05, 3.63) is 29.6 Å². The minimum absolute atomic E-state index is 0.0547. The molecule has 2 saturated carbocycles. The monoisotopic (exact) mass is 415 g/mol. The summed E-state index contributed by atoms with van der Waals surface area (Å²) in [5, 5.41) is 3.10. The molecule has 2 aliphatic rings. The first-order chi connectivity index (χ1) is 14.5. The number of carbonyl (C=O) groups excluding carboxylic acids is 3. The lowest BCUT2D eigenvalue weighted by Crippen LogP contribution is -2.52. The van der Waals surface area contributed by atoms with Crippen LogP contribution in [0.25, 0.3) is 6.08 Å². The molecule has 1 aromatic rings. The van der Waals surface area contributed by atoms with Crippen LogP contribution in [0.2, 0.25) is 0 Å². The van der Waals surface area contributed by atoms with Crippen molar-refractivity contribution in [2.24, 2.45) is 7.05 Å². The normalized spacial score (nSPS) is 18.3. The topological polar surface area (TPSA) is 80.6 Å². The van der Waals surface area contributed by atoms with Gasteiger partial charge in [0.05, 0.1) is 7.11 Å². The van der Waals surface area contributed by atoms with Gasteiger partial charge in [0, 0.05) is 31.4 Å². The highest BCUT2D eigenvalue weighted by atomic mass is 16.5. The van der Waals surface area contributed by atoms with Crippen LogP contribution >= 0.6 is 0 Å². The zero-order valence-electron chi connectivity index (χ0n) is 18.1. The number of aryl methyl sites for hydroxylation is 1. The fourth-order valence-electron chi connectivity index (χ4n) is 4.51. The van der Waals surface area contributed by atoms with Gasteiger partial charge in [0.2, 0.25) is 0 Å². The van der Waals surface area contributed by atoms with Crippen molar-refractivity contribution in [2.45, 2.75) is 76.3 Å². The Morgan fingerprint density at radius 3 is 2.33 bits per heavy atom. The summed E-state index contributed by atoms with van der Waals surface area (Å²) in [5.41, 5.74) is 1.12. The van der Waals surface area contributed by atoms with Crippen LogP contribution in [0.3, 0.4) is 0 Å². The number of amides is 3. The molecular weight excluding hydrogens is 382 g/mol. The largest absolute Gasteiger partial charge is 0.464 e. The van der Waals surface area contributed by atoms with Gasteiger partial charge in [-0.2, -0.15) is 0 Å². The van der Waals surface area contributed by atoms with Crippen LogP contribution in [0.4, 0.5) is 4.79 Å². The second kappa shape index (κ2) is 10.5. The molecule has 30 heavy (non-hydrogen) atoms. The summed E-state index contributed by atoms with van der Waals surface area (Å²) in [7, 11) is 3.08. The first-order valence-corrected chi connectivity index (χ1v) is 11.1. The Balaban J connectivity index is 1.73. The number of urea groups is 1. The molecule has 1 aromatic heterocycles. The average molecular weight is 416 g/mol. The smallest absolute Gasteiger partial charge is 0.354 e. The van der Waals surface area contributed by atoms with Gasteiger partial charge in [-0.05, 0) is 43.4 Å². The molecule has 0 aliphatic heterocycles. The van der Waals surface area contributed by atoms with Crippen molar-refractivity contribution < 1.29 is 19.1 Å². The number of methoxy groups -OCH3 is 1. The van der Waals surface area contributed by atoms with E-state index in [0.717, 1.165) is 57.8 Å². The van der Waals surface area contributed by atoms with E-state index < -0.39 is 5.97 Å². The first-order valence-electron chi connectivity index (χ1n) is 11.1. The maximum Gasteiger partial charge on any atom is 0.354 e. The van der Waals surface area contributed by atoms with Gasteiger partial charge in [0.25, 0.3) is 5.91 Å². The third kappa shape index (κ3) is 5.52. The molecule has 0 bridgehead atoms. The summed E-state index contributed by atoms with van der Waals surface area (Å²) in [6.07, 6.45) is 15.2. The number of hydrogen-bond donors (Lipinski definition) is 1. The van der Waals surface area contributed by atoms with Gasteiger partial charge in [-0.25, -0.2) is 9.59 Å². The van der Waals surface area contributed by atoms with E-state index in [9.17, 15) is 14.4 Å². The van der Waals surface area contributed by atoms with Crippen molar-refractivity contribution in [3.8, 4) is 0 Å². The fraction of sp³-hybridized carbons (Fsp3) is 0.609. The molecule has 1 heterocycles. The third-order valence-electron chi connectivity index (χ3n) is 6.17. The Bertz CT molecular complexity index is 786. The van der Waals surface area contributed by atoms with Crippen LogP contribution in [0.1, 0.15) is 80.3 Å². The summed E-state index contributed by atoms with van der Waals surface area (Å²) in [6.45, 7) is 0. The first kappa shape index (κ1) is 22.1. The zero-order valence-corrected chi connectivity index (χ0v) is 18.1. The number of ether oxygens (including phenoxy) is 1. The van der Waals surface area contributed by atoms with E-state index in [1.165, 1.54) is 24.5 Å². The van der Waals surface area contributed by atoms with E-state index in [1.54, 1.807) is 30.0 Å². The molecule has 0 radical (unpaired) electrons. The van der Waals surface area contributed by atoms with Crippen molar-refractivity contribution in [1.29, 1.82) is 0 Å². The molecule has 7 heteroatoms. The van der Waals surface area contributed by atoms with Crippen LogP contribution in [0.15, 0.2) is 18.3 Å². The van der Waals surface area contributed by atoms with Gasteiger partial charge in [0.15, 0.2) is 0 Å². The van der Waals surface area contributed by atoms with Crippen LogP contribution in [0.5, 0.6) is 0 Å². The molecule has 0 aromatic carbocycles. The zero-order chi connectivity index (χ0) is 21.5. The van der Waals surface area contributed by atoms with Gasteiger partial charge in [0.1, 0.15) is 5.69 Å². The third-order valence-corrected chi connectivity index (χ3v) is 6.17. The summed E-state index contributed by atoms with van der Waals surface area (Å²) in [5.74, 6) is -0.738. The van der Waals surface area contributed by atoms with Crippen molar-refractivity contribution in [3.63, 3.8) is 0 Å². The molecular formula is C23H33N3O4. The predicted octanol–water partition coefficient (Wildman–Crippen LogP) is 4.03. The number of aromatic nitrogens is 1. The molecule has 3 rings (SSSR count). The van der Waals surface area contributed by atoms with Gasteiger partial charge in [-0.1, -0.05) is 38.5 Å². The molecule has 1 N–H and O–H groups in total. The number of rotatable bonds is 5. The lowest BCUT2D eigenvalue weighted by atomic mass is 9.93. The van der Waals surface area contributed by atoms with Crippen LogP contribution in [-0.4, -0.2) is 46.6 Å². The van der Waals surface area contributed by atoms with Crippen molar-refractivity contribution in [1.82, 2.24) is 14.8 Å². The molecule has 164 valence electrons. The summed E-state index contributed by atoms with van der Waals surface area (Å²) in [6, 6.07) is 1.50. The minimum atomic E-state index is -0.431. The van der Waals surface area contributed by atoms with Crippen molar-refractivity contribution >= 4 is 24.0 Å². The standard InChI is InChI=1S/C23H33N3O4/c1-25-16-17(15-20(25)22(28)30-2)13-14-21(27)26(19-11-7-4-8-12-19)23(29)24-18-9-5-3-6-10-18/h13-16,18-19H,3-12H2,1-2H3,(H,24,29). The second-order valence-electron chi connectivity index (χ2n) is 8.38. The predicted molar refractivity (Wildman–Crippen MR) is 115 cm³/mol. The second-order valence-corrected chi connectivity index (χ2v) is 8.38. The van der Waals surface area contributed by atoms with E-state index in [1.807, 2.05) is 0 Å². The Morgan fingerprint density at radius 2 is 1.70 bits per heavy atom. The van der Waals surface area contributed by atoms with E-state index in [-0.39, 0.29) is 24.0 Å². The summed E-state index contributed by atoms with van der Waals surface area (Å²) >= 11 is 0. The molecule has 0 spiro atoms. The molecule has 7 nitrogen and oxygen atoms in total. The quantitative estimate of drug-likeness (QED) is 0.582. The number of carbonyl (C=O) groups is 3. The number of esters is 1. The highest BCUT2D eigenvalue weighted by molar-refractivity contribution is 6.03. The number of nitrogens with one attached hydrogen (secondary N) is 1. The Kier molecular flexibility index (Phi) is 7.71. The van der Waals surface area contributed by atoms with Gasteiger partial charge >= 0.3 is 12.0 Å². The SMILES string of the molecule is COC(=O)c1cc(C=CC(=O)N(C(=O)NC2CCCCC2)C2CCCCC2)cn1C.